The second-order valence-corrected chi connectivity index (χ2v) is 8.98. The molecular formula is C26H30N2O6. The molecule has 8 heteroatoms. The van der Waals surface area contributed by atoms with Crippen molar-refractivity contribution in [2.24, 2.45) is 11.8 Å². The van der Waals surface area contributed by atoms with Crippen molar-refractivity contribution in [3.05, 3.63) is 59.7 Å². The quantitative estimate of drug-likeness (QED) is 0.496. The van der Waals surface area contributed by atoms with Crippen LogP contribution in [0.4, 0.5) is 4.79 Å². The summed E-state index contributed by atoms with van der Waals surface area (Å²) in [5.74, 6) is -0.713. The number of nitrogens with one attached hydrogen (secondary N) is 2. The van der Waals surface area contributed by atoms with Gasteiger partial charge in [-0.25, -0.2) is 9.59 Å². The number of ether oxygens (including phenoxy) is 2. The van der Waals surface area contributed by atoms with Crippen molar-refractivity contribution < 1.29 is 29.0 Å². The molecule has 0 spiro atoms. The maximum atomic E-state index is 12.3. The van der Waals surface area contributed by atoms with Gasteiger partial charge in [0, 0.05) is 26.0 Å². The van der Waals surface area contributed by atoms with Crippen LogP contribution in [0.25, 0.3) is 11.1 Å². The molecule has 2 aliphatic carbocycles. The van der Waals surface area contributed by atoms with Crippen molar-refractivity contribution in [3.8, 4) is 11.1 Å². The van der Waals surface area contributed by atoms with Crippen LogP contribution in [0, 0.1) is 11.8 Å². The third-order valence-electron chi connectivity index (χ3n) is 6.73. The van der Waals surface area contributed by atoms with Crippen LogP contribution in [-0.2, 0) is 19.1 Å². The van der Waals surface area contributed by atoms with E-state index in [9.17, 15) is 14.4 Å². The molecule has 2 aliphatic rings. The fourth-order valence-electron chi connectivity index (χ4n) is 4.90. The van der Waals surface area contributed by atoms with Gasteiger partial charge in [-0.3, -0.25) is 4.79 Å². The van der Waals surface area contributed by atoms with E-state index >= 15 is 0 Å². The Labute approximate surface area is 198 Å². The lowest BCUT2D eigenvalue weighted by molar-refractivity contribution is -0.148. The lowest BCUT2D eigenvalue weighted by Crippen LogP contribution is -2.41. The highest BCUT2D eigenvalue weighted by atomic mass is 16.5. The summed E-state index contributed by atoms with van der Waals surface area (Å²) in [6, 6.07) is 16.4. The van der Waals surface area contributed by atoms with Crippen LogP contribution in [0.2, 0.25) is 0 Å². The number of carboxylic acid groups (broad SMARTS) is 1. The van der Waals surface area contributed by atoms with Gasteiger partial charge in [0.2, 0.25) is 5.91 Å². The number of aliphatic carboxylic acids is 1. The molecule has 2 amide bonds. The van der Waals surface area contributed by atoms with E-state index in [4.69, 9.17) is 14.6 Å². The highest BCUT2D eigenvalue weighted by Crippen LogP contribution is 2.44. The molecule has 8 nitrogen and oxygen atoms in total. The summed E-state index contributed by atoms with van der Waals surface area (Å²) in [5.41, 5.74) is 4.74. The second kappa shape index (κ2) is 10.7. The van der Waals surface area contributed by atoms with E-state index in [2.05, 4.69) is 34.9 Å². The first kappa shape index (κ1) is 23.8. The number of carboxylic acids is 1. The standard InChI is InChI=1S/C26H30N2O6/c1-33-23(25(30)31)14-27-24(29)12-16-10-17(11-16)13-28-26(32)34-15-22-20-8-4-2-6-18(20)19-7-3-5-9-21(19)22/h2-9,16-17,22-23H,10-15H2,1H3,(H,27,29)(H,28,32)(H,30,31). The van der Waals surface area contributed by atoms with Gasteiger partial charge in [0.05, 0.1) is 6.54 Å². The maximum Gasteiger partial charge on any atom is 0.407 e. The Hall–Kier alpha value is -3.39. The number of hydrogen-bond donors (Lipinski definition) is 3. The molecule has 1 atom stereocenters. The molecule has 1 saturated carbocycles. The van der Waals surface area contributed by atoms with Crippen molar-refractivity contribution in [1.29, 1.82) is 0 Å². The summed E-state index contributed by atoms with van der Waals surface area (Å²) in [6.07, 6.45) is 0.548. The zero-order valence-corrected chi connectivity index (χ0v) is 19.2. The summed E-state index contributed by atoms with van der Waals surface area (Å²) in [6.45, 7) is 0.746. The number of alkyl carbamates (subject to hydrolysis) is 1. The molecule has 0 heterocycles. The normalized spacial score (nSPS) is 19.3. The van der Waals surface area contributed by atoms with Gasteiger partial charge < -0.3 is 25.2 Å². The van der Waals surface area contributed by atoms with Crippen LogP contribution in [-0.4, -0.2) is 56.0 Å². The molecule has 0 bridgehead atoms. The summed E-state index contributed by atoms with van der Waals surface area (Å²) < 4.78 is 10.4. The highest BCUT2D eigenvalue weighted by Gasteiger charge is 2.32. The SMILES string of the molecule is COC(CNC(=O)CC1CC(CNC(=O)OCC2c3ccccc3-c3ccccc32)C1)C(=O)O. The molecule has 0 saturated heterocycles. The largest absolute Gasteiger partial charge is 0.479 e. The van der Waals surface area contributed by atoms with Crippen LogP contribution < -0.4 is 10.6 Å². The number of hydrogen-bond acceptors (Lipinski definition) is 5. The maximum absolute atomic E-state index is 12.3. The average Bonchev–Trinajstić information content (AvgIpc) is 3.13. The number of methoxy groups -OCH3 is 1. The molecule has 34 heavy (non-hydrogen) atoms. The molecule has 2 aromatic rings. The van der Waals surface area contributed by atoms with Gasteiger partial charge in [0.15, 0.2) is 6.10 Å². The monoisotopic (exact) mass is 466 g/mol. The van der Waals surface area contributed by atoms with Gasteiger partial charge in [-0.2, -0.15) is 0 Å². The van der Waals surface area contributed by atoms with E-state index in [-0.39, 0.29) is 30.9 Å². The van der Waals surface area contributed by atoms with Crippen LogP contribution in [0.3, 0.4) is 0 Å². The molecule has 1 fully saturated rings. The van der Waals surface area contributed by atoms with E-state index in [0.717, 1.165) is 12.8 Å². The third-order valence-corrected chi connectivity index (χ3v) is 6.73. The number of benzene rings is 2. The predicted octanol–water partition coefficient (Wildman–Crippen LogP) is 3.16. The molecular weight excluding hydrogens is 436 g/mol. The van der Waals surface area contributed by atoms with E-state index in [0.29, 0.717) is 18.9 Å². The van der Waals surface area contributed by atoms with Crippen LogP contribution in [0.1, 0.15) is 36.3 Å². The van der Waals surface area contributed by atoms with Crippen molar-refractivity contribution in [3.63, 3.8) is 0 Å². The zero-order chi connectivity index (χ0) is 24.1. The fourth-order valence-corrected chi connectivity index (χ4v) is 4.90. The molecule has 0 radical (unpaired) electrons. The lowest BCUT2D eigenvalue weighted by Gasteiger charge is -2.35. The second-order valence-electron chi connectivity index (χ2n) is 8.98. The van der Waals surface area contributed by atoms with Crippen molar-refractivity contribution in [2.45, 2.75) is 31.3 Å². The minimum absolute atomic E-state index is 0.0311. The van der Waals surface area contributed by atoms with Crippen LogP contribution >= 0.6 is 0 Å². The summed E-state index contributed by atoms with van der Waals surface area (Å²) in [4.78, 5) is 35.2. The van der Waals surface area contributed by atoms with Crippen molar-refractivity contribution in [1.82, 2.24) is 10.6 Å². The fraction of sp³-hybridized carbons (Fsp3) is 0.423. The van der Waals surface area contributed by atoms with Gasteiger partial charge in [-0.15, -0.1) is 0 Å². The smallest absolute Gasteiger partial charge is 0.407 e. The van der Waals surface area contributed by atoms with Crippen molar-refractivity contribution >= 4 is 18.0 Å². The van der Waals surface area contributed by atoms with E-state index < -0.39 is 18.2 Å². The number of rotatable bonds is 10. The van der Waals surface area contributed by atoms with Crippen LogP contribution in [0.5, 0.6) is 0 Å². The highest BCUT2D eigenvalue weighted by molar-refractivity contribution is 5.79. The Bertz CT molecular complexity index is 1000. The van der Waals surface area contributed by atoms with Crippen molar-refractivity contribution in [2.75, 3.05) is 26.8 Å². The van der Waals surface area contributed by atoms with Gasteiger partial charge in [0.25, 0.3) is 0 Å². The molecule has 3 N–H and O–H groups in total. The predicted molar refractivity (Wildman–Crippen MR) is 125 cm³/mol. The molecule has 4 rings (SSSR count). The van der Waals surface area contributed by atoms with Gasteiger partial charge in [-0.1, -0.05) is 48.5 Å². The number of amides is 2. The molecule has 180 valence electrons. The first-order valence-corrected chi connectivity index (χ1v) is 11.6. The third kappa shape index (κ3) is 5.39. The molecule has 0 aliphatic heterocycles. The zero-order valence-electron chi connectivity index (χ0n) is 19.2. The Kier molecular flexibility index (Phi) is 7.47. The Morgan fingerprint density at radius 2 is 1.59 bits per heavy atom. The lowest BCUT2D eigenvalue weighted by atomic mass is 9.73. The molecule has 0 aromatic heterocycles. The minimum Gasteiger partial charge on any atom is -0.479 e. The van der Waals surface area contributed by atoms with E-state index in [1.54, 1.807) is 0 Å². The number of carbonyl (C=O) groups is 3. The average molecular weight is 467 g/mol. The molecule has 1 unspecified atom stereocenters. The molecule has 2 aromatic carbocycles. The van der Waals surface area contributed by atoms with Gasteiger partial charge in [-0.05, 0) is 46.9 Å². The summed E-state index contributed by atoms with van der Waals surface area (Å²) in [7, 11) is 1.30. The first-order chi connectivity index (χ1) is 16.5. The summed E-state index contributed by atoms with van der Waals surface area (Å²) >= 11 is 0. The number of fused-ring (bicyclic) bond motifs is 3. The van der Waals surface area contributed by atoms with Crippen LogP contribution in [0.15, 0.2) is 48.5 Å². The summed E-state index contributed by atoms with van der Waals surface area (Å²) in [5, 5.41) is 14.4. The Morgan fingerprint density at radius 1 is 0.971 bits per heavy atom. The topological polar surface area (TPSA) is 114 Å². The minimum atomic E-state index is -1.11. The number of carbonyl (C=O) groups excluding carboxylic acids is 2. The first-order valence-electron chi connectivity index (χ1n) is 11.6. The van der Waals surface area contributed by atoms with E-state index in [1.807, 2.05) is 24.3 Å². The van der Waals surface area contributed by atoms with E-state index in [1.165, 1.54) is 29.4 Å². The Balaban J connectivity index is 1.15. The Morgan fingerprint density at radius 3 is 2.18 bits per heavy atom. The van der Waals surface area contributed by atoms with Gasteiger partial charge >= 0.3 is 12.1 Å². The van der Waals surface area contributed by atoms with Gasteiger partial charge in [0.1, 0.15) is 6.61 Å².